The predicted octanol–water partition coefficient (Wildman–Crippen LogP) is 2.17. The Kier molecular flexibility index (Phi) is 4.75. The first-order valence-electron chi connectivity index (χ1n) is 7.37. The van der Waals surface area contributed by atoms with Crippen LogP contribution in [0, 0.1) is 17.1 Å². The van der Waals surface area contributed by atoms with E-state index < -0.39 is 21.9 Å². The summed E-state index contributed by atoms with van der Waals surface area (Å²) in [6, 6.07) is 8.23. The number of aliphatic hydroxyl groups is 1. The van der Waals surface area contributed by atoms with E-state index in [2.05, 4.69) is 4.98 Å². The molecule has 2 heterocycles. The van der Waals surface area contributed by atoms with Gasteiger partial charge < -0.3 is 5.11 Å². The summed E-state index contributed by atoms with van der Waals surface area (Å²) < 4.78 is 39.7. The molecule has 3 rings (SSSR count). The normalized spacial score (nSPS) is 18.2. The van der Waals surface area contributed by atoms with Crippen LogP contribution in [-0.2, 0) is 10.0 Å². The number of halogens is 2. The fourth-order valence-corrected chi connectivity index (χ4v) is 4.47. The molecule has 1 atom stereocenters. The molecule has 0 bridgehead atoms. The Morgan fingerprint density at radius 3 is 2.72 bits per heavy atom. The largest absolute Gasteiger partial charge is 0.392 e. The van der Waals surface area contributed by atoms with Crippen molar-refractivity contribution in [2.75, 3.05) is 13.1 Å². The van der Waals surface area contributed by atoms with Crippen LogP contribution in [0.2, 0.25) is 5.02 Å². The lowest BCUT2D eigenvalue weighted by molar-refractivity contribution is 0.189. The maximum Gasteiger partial charge on any atom is 0.243 e. The molecule has 6 nitrogen and oxygen atoms in total. The van der Waals surface area contributed by atoms with Gasteiger partial charge in [0.25, 0.3) is 0 Å². The summed E-state index contributed by atoms with van der Waals surface area (Å²) in [5.74, 6) is -0.742. The number of β-amino-alcohol motifs (C(OH)–C–C–N with tert-alkyl or cyclic N) is 1. The van der Waals surface area contributed by atoms with Crippen LogP contribution in [0.1, 0.15) is 12.1 Å². The second-order valence-electron chi connectivity index (χ2n) is 5.59. The number of pyridine rings is 1. The van der Waals surface area contributed by atoms with Crippen LogP contribution in [0.15, 0.2) is 35.2 Å². The van der Waals surface area contributed by atoms with Crippen LogP contribution in [-0.4, -0.2) is 42.0 Å². The molecular weight excluding hydrogens is 369 g/mol. The average Bonchev–Trinajstić information content (AvgIpc) is 3.03. The summed E-state index contributed by atoms with van der Waals surface area (Å²) in [6.07, 6.45) is -0.279. The van der Waals surface area contributed by atoms with E-state index in [1.165, 1.54) is 28.6 Å². The van der Waals surface area contributed by atoms with Gasteiger partial charge in [-0.1, -0.05) is 11.6 Å². The molecule has 2 aromatic rings. The SMILES string of the molecule is N#Cc1nc(-c2ccc(S(=O)(=O)N3CC[C@H](O)C3)cc2Cl)ccc1F. The highest BCUT2D eigenvalue weighted by atomic mass is 35.5. The third-order valence-electron chi connectivity index (χ3n) is 3.93. The Morgan fingerprint density at radius 2 is 2.12 bits per heavy atom. The van der Waals surface area contributed by atoms with Crippen LogP contribution in [0.3, 0.4) is 0 Å². The third kappa shape index (κ3) is 3.37. The summed E-state index contributed by atoms with van der Waals surface area (Å²) in [7, 11) is -3.76. The molecule has 1 aliphatic heterocycles. The van der Waals surface area contributed by atoms with Crippen molar-refractivity contribution in [1.82, 2.24) is 9.29 Å². The minimum absolute atomic E-state index is 0.00188. The van der Waals surface area contributed by atoms with Crippen molar-refractivity contribution in [2.45, 2.75) is 17.4 Å². The molecule has 0 aliphatic carbocycles. The third-order valence-corrected chi connectivity index (χ3v) is 6.11. The van der Waals surface area contributed by atoms with Gasteiger partial charge in [-0.15, -0.1) is 0 Å². The molecule has 1 aromatic heterocycles. The summed E-state index contributed by atoms with van der Waals surface area (Å²) in [5.41, 5.74) is 0.290. The number of nitriles is 1. The maximum atomic E-state index is 13.4. The van der Waals surface area contributed by atoms with E-state index >= 15 is 0 Å². The Hall–Kier alpha value is -2.05. The molecule has 0 radical (unpaired) electrons. The fourth-order valence-electron chi connectivity index (χ4n) is 2.61. The van der Waals surface area contributed by atoms with Gasteiger partial charge in [0.15, 0.2) is 11.5 Å². The van der Waals surface area contributed by atoms with Crippen LogP contribution in [0.5, 0.6) is 0 Å². The van der Waals surface area contributed by atoms with Crippen LogP contribution < -0.4 is 0 Å². The van der Waals surface area contributed by atoms with E-state index in [-0.39, 0.29) is 34.4 Å². The van der Waals surface area contributed by atoms with Crippen LogP contribution >= 0.6 is 11.6 Å². The predicted molar refractivity (Wildman–Crippen MR) is 88.7 cm³/mol. The van der Waals surface area contributed by atoms with Gasteiger partial charge in [0.05, 0.1) is 21.7 Å². The Labute approximate surface area is 149 Å². The first kappa shape index (κ1) is 17.8. The first-order chi connectivity index (χ1) is 11.8. The summed E-state index contributed by atoms with van der Waals surface area (Å²) in [5, 5.41) is 18.5. The van der Waals surface area contributed by atoms with Crippen molar-refractivity contribution in [3.8, 4) is 17.3 Å². The number of aliphatic hydroxyl groups excluding tert-OH is 1. The van der Waals surface area contributed by atoms with Crippen LogP contribution in [0.4, 0.5) is 4.39 Å². The molecule has 1 aliphatic rings. The molecule has 130 valence electrons. The number of benzene rings is 1. The average molecular weight is 382 g/mol. The first-order valence-corrected chi connectivity index (χ1v) is 9.19. The van der Waals surface area contributed by atoms with E-state index in [0.717, 1.165) is 6.07 Å². The molecular formula is C16H13ClFN3O3S. The quantitative estimate of drug-likeness (QED) is 0.879. The lowest BCUT2D eigenvalue weighted by Gasteiger charge is -2.16. The van der Waals surface area contributed by atoms with Crippen molar-refractivity contribution in [1.29, 1.82) is 5.26 Å². The maximum absolute atomic E-state index is 13.4. The number of rotatable bonds is 3. The minimum Gasteiger partial charge on any atom is -0.392 e. The van der Waals surface area contributed by atoms with Crippen molar-refractivity contribution in [3.63, 3.8) is 0 Å². The van der Waals surface area contributed by atoms with E-state index in [0.29, 0.717) is 12.0 Å². The van der Waals surface area contributed by atoms with Crippen molar-refractivity contribution < 1.29 is 17.9 Å². The number of hydrogen-bond donors (Lipinski definition) is 1. The molecule has 9 heteroatoms. The van der Waals surface area contributed by atoms with Crippen LogP contribution in [0.25, 0.3) is 11.3 Å². The molecule has 0 saturated carbocycles. The number of hydrogen-bond acceptors (Lipinski definition) is 5. The zero-order valence-electron chi connectivity index (χ0n) is 12.9. The summed E-state index contributed by atoms with van der Waals surface area (Å²) in [6.45, 7) is 0.292. The Morgan fingerprint density at radius 1 is 1.36 bits per heavy atom. The van der Waals surface area contributed by atoms with Gasteiger partial charge in [-0.25, -0.2) is 17.8 Å². The van der Waals surface area contributed by atoms with E-state index in [9.17, 15) is 17.9 Å². The Balaban J connectivity index is 1.98. The molecule has 1 saturated heterocycles. The Bertz CT molecular complexity index is 975. The summed E-state index contributed by atoms with van der Waals surface area (Å²) in [4.78, 5) is 3.89. The highest BCUT2D eigenvalue weighted by Crippen LogP contribution is 2.31. The molecule has 1 aromatic carbocycles. The standard InChI is InChI=1S/C16H13ClFN3O3S/c17-13-7-11(25(23,24)21-6-5-10(22)9-21)1-2-12(13)15-4-3-14(18)16(8-19)20-15/h1-4,7,10,22H,5-6,9H2/t10-/m0/s1. The fraction of sp³-hybridized carbons (Fsp3) is 0.250. The van der Waals surface area contributed by atoms with Gasteiger partial charge in [-0.2, -0.15) is 9.57 Å². The molecule has 0 spiro atoms. The molecule has 25 heavy (non-hydrogen) atoms. The highest BCUT2D eigenvalue weighted by molar-refractivity contribution is 7.89. The van der Waals surface area contributed by atoms with Crippen molar-refractivity contribution in [2.24, 2.45) is 0 Å². The lowest BCUT2D eigenvalue weighted by atomic mass is 10.1. The highest BCUT2D eigenvalue weighted by Gasteiger charge is 2.32. The zero-order valence-corrected chi connectivity index (χ0v) is 14.4. The lowest BCUT2D eigenvalue weighted by Crippen LogP contribution is -2.29. The summed E-state index contributed by atoms with van der Waals surface area (Å²) >= 11 is 6.19. The van der Waals surface area contributed by atoms with Gasteiger partial charge in [0.1, 0.15) is 6.07 Å². The van der Waals surface area contributed by atoms with Crippen molar-refractivity contribution in [3.05, 3.63) is 46.9 Å². The van der Waals surface area contributed by atoms with E-state index in [1.54, 1.807) is 6.07 Å². The van der Waals surface area contributed by atoms with Gasteiger partial charge in [0, 0.05) is 18.7 Å². The number of nitrogens with zero attached hydrogens (tertiary/aromatic N) is 3. The van der Waals surface area contributed by atoms with Gasteiger partial charge in [-0.3, -0.25) is 0 Å². The minimum atomic E-state index is -3.76. The van der Waals surface area contributed by atoms with E-state index in [1.807, 2.05) is 0 Å². The molecule has 1 fully saturated rings. The second kappa shape index (κ2) is 6.69. The number of sulfonamides is 1. The molecule has 1 N–H and O–H groups in total. The molecule has 0 amide bonds. The second-order valence-corrected chi connectivity index (χ2v) is 7.93. The monoisotopic (exact) mass is 381 g/mol. The van der Waals surface area contributed by atoms with E-state index in [4.69, 9.17) is 16.9 Å². The topological polar surface area (TPSA) is 94.3 Å². The smallest absolute Gasteiger partial charge is 0.243 e. The number of aromatic nitrogens is 1. The molecule has 0 unspecified atom stereocenters. The zero-order chi connectivity index (χ0) is 18.2. The van der Waals surface area contributed by atoms with Gasteiger partial charge >= 0.3 is 0 Å². The van der Waals surface area contributed by atoms with Gasteiger partial charge in [-0.05, 0) is 36.8 Å². The van der Waals surface area contributed by atoms with Gasteiger partial charge in [0.2, 0.25) is 10.0 Å². The van der Waals surface area contributed by atoms with Crippen molar-refractivity contribution >= 4 is 21.6 Å².